The van der Waals surface area contributed by atoms with Crippen molar-refractivity contribution in [2.24, 2.45) is 0 Å². The lowest BCUT2D eigenvalue weighted by atomic mass is 10.00. The van der Waals surface area contributed by atoms with Gasteiger partial charge in [0, 0.05) is 55.5 Å². The van der Waals surface area contributed by atoms with Gasteiger partial charge in [-0.25, -0.2) is 0 Å². The van der Waals surface area contributed by atoms with Crippen LogP contribution in [0.2, 0.25) is 5.02 Å². The van der Waals surface area contributed by atoms with Gasteiger partial charge in [-0.05, 0) is 50.3 Å². The number of hydrogen-bond acceptors (Lipinski definition) is 4. The maximum Gasteiger partial charge on any atom is 0.238 e. The van der Waals surface area contributed by atoms with Crippen molar-refractivity contribution in [3.63, 3.8) is 0 Å². The van der Waals surface area contributed by atoms with Crippen molar-refractivity contribution in [1.82, 2.24) is 15.5 Å². The molecular formula is C20H29ClN4O. The number of nitrogens with one attached hydrogen (secondary N) is 2. The molecule has 0 aromatic heterocycles. The molecule has 5 nitrogen and oxygen atoms in total. The van der Waals surface area contributed by atoms with Crippen LogP contribution in [-0.4, -0.2) is 61.7 Å². The molecule has 1 saturated carbocycles. The number of piperazine rings is 1. The zero-order valence-electron chi connectivity index (χ0n) is 15.5. The first kappa shape index (κ1) is 18.1. The molecule has 0 unspecified atom stereocenters. The largest absolute Gasteiger partial charge is 0.371 e. The summed E-state index contributed by atoms with van der Waals surface area (Å²) >= 11 is 6.29. The number of carbonyl (C=O) groups excluding carboxylic acids is 1. The smallest absolute Gasteiger partial charge is 0.238 e. The molecule has 6 heteroatoms. The number of amides is 1. The van der Waals surface area contributed by atoms with Gasteiger partial charge in [0.05, 0.1) is 6.04 Å². The van der Waals surface area contributed by atoms with Gasteiger partial charge in [0.1, 0.15) is 0 Å². The Morgan fingerprint density at radius 1 is 1.19 bits per heavy atom. The maximum absolute atomic E-state index is 12.4. The molecule has 1 aromatic rings. The number of piperidine rings is 1. The standard InChI is InChI=1S/C20H29ClN4O/c1-14-2-5-17(12-18(14)21)24-9-6-16(7-10-24)25-11-8-22-19(13-25)20(26)23-15-3-4-15/h2,5,12,15-16,19,22H,3-4,6-11,13H2,1H3,(H,23,26)/t19-/m0/s1. The highest BCUT2D eigenvalue weighted by Crippen LogP contribution is 2.27. The Morgan fingerprint density at radius 2 is 1.96 bits per heavy atom. The van der Waals surface area contributed by atoms with E-state index in [-0.39, 0.29) is 11.9 Å². The Hall–Kier alpha value is -1.30. The van der Waals surface area contributed by atoms with Crippen LogP contribution in [0.5, 0.6) is 0 Å². The van der Waals surface area contributed by atoms with Crippen molar-refractivity contribution in [3.8, 4) is 0 Å². The second-order valence-electron chi connectivity index (χ2n) is 7.94. The number of rotatable bonds is 4. The summed E-state index contributed by atoms with van der Waals surface area (Å²) in [5.41, 5.74) is 2.35. The highest BCUT2D eigenvalue weighted by molar-refractivity contribution is 6.31. The molecule has 3 aliphatic rings. The van der Waals surface area contributed by atoms with Gasteiger partial charge in [0.2, 0.25) is 5.91 Å². The topological polar surface area (TPSA) is 47.6 Å². The first-order chi connectivity index (χ1) is 12.6. The first-order valence-electron chi connectivity index (χ1n) is 9.89. The molecule has 1 atom stereocenters. The molecule has 26 heavy (non-hydrogen) atoms. The number of hydrogen-bond donors (Lipinski definition) is 2. The minimum Gasteiger partial charge on any atom is -0.371 e. The summed E-state index contributed by atoms with van der Waals surface area (Å²) in [6, 6.07) is 7.31. The van der Waals surface area contributed by atoms with Crippen molar-refractivity contribution >= 4 is 23.2 Å². The van der Waals surface area contributed by atoms with Crippen LogP contribution in [0.25, 0.3) is 0 Å². The van der Waals surface area contributed by atoms with E-state index in [1.165, 1.54) is 5.69 Å². The van der Waals surface area contributed by atoms with E-state index < -0.39 is 0 Å². The van der Waals surface area contributed by atoms with Crippen LogP contribution in [0.4, 0.5) is 5.69 Å². The maximum atomic E-state index is 12.4. The van der Waals surface area contributed by atoms with Crippen LogP contribution in [0, 0.1) is 6.92 Å². The third-order valence-electron chi connectivity index (χ3n) is 5.95. The number of anilines is 1. The van der Waals surface area contributed by atoms with Crippen LogP contribution < -0.4 is 15.5 Å². The molecule has 142 valence electrons. The third kappa shape index (κ3) is 4.16. The van der Waals surface area contributed by atoms with E-state index in [2.05, 4.69) is 38.6 Å². The first-order valence-corrected chi connectivity index (χ1v) is 10.3. The molecule has 0 spiro atoms. The average Bonchev–Trinajstić information content (AvgIpc) is 3.48. The monoisotopic (exact) mass is 376 g/mol. The normalized spacial score (nSPS) is 25.3. The second kappa shape index (κ2) is 7.75. The molecule has 1 aromatic carbocycles. The van der Waals surface area contributed by atoms with E-state index in [0.717, 1.165) is 69.0 Å². The van der Waals surface area contributed by atoms with Crippen molar-refractivity contribution < 1.29 is 4.79 Å². The Morgan fingerprint density at radius 3 is 2.65 bits per heavy atom. The molecule has 3 fully saturated rings. The summed E-state index contributed by atoms with van der Waals surface area (Å²) in [4.78, 5) is 17.3. The van der Waals surface area contributed by atoms with E-state index in [1.807, 2.05) is 6.92 Å². The molecule has 2 heterocycles. The fourth-order valence-electron chi connectivity index (χ4n) is 4.08. The van der Waals surface area contributed by atoms with Crippen LogP contribution in [0.1, 0.15) is 31.2 Å². The zero-order chi connectivity index (χ0) is 18.1. The lowest BCUT2D eigenvalue weighted by Gasteiger charge is -2.43. The molecule has 4 rings (SSSR count). The van der Waals surface area contributed by atoms with Crippen LogP contribution in [0.3, 0.4) is 0 Å². The van der Waals surface area contributed by atoms with E-state index in [4.69, 9.17) is 11.6 Å². The van der Waals surface area contributed by atoms with Gasteiger partial charge < -0.3 is 15.5 Å². The van der Waals surface area contributed by atoms with Crippen LogP contribution >= 0.6 is 11.6 Å². The van der Waals surface area contributed by atoms with Crippen molar-refractivity contribution in [1.29, 1.82) is 0 Å². The fraction of sp³-hybridized carbons (Fsp3) is 0.650. The summed E-state index contributed by atoms with van der Waals surface area (Å²) in [6.45, 7) is 6.91. The minimum absolute atomic E-state index is 0.0571. The van der Waals surface area contributed by atoms with Gasteiger partial charge in [-0.2, -0.15) is 0 Å². The average molecular weight is 377 g/mol. The summed E-state index contributed by atoms with van der Waals surface area (Å²) in [7, 11) is 0. The molecule has 0 radical (unpaired) electrons. The van der Waals surface area contributed by atoms with Crippen molar-refractivity contribution in [3.05, 3.63) is 28.8 Å². The number of nitrogens with zero attached hydrogens (tertiary/aromatic N) is 2. The van der Waals surface area contributed by atoms with Gasteiger partial charge in [-0.3, -0.25) is 9.69 Å². The third-order valence-corrected chi connectivity index (χ3v) is 6.36. The Bertz CT molecular complexity index is 655. The number of halogens is 1. The van der Waals surface area contributed by atoms with Crippen molar-refractivity contribution in [2.45, 2.75) is 50.7 Å². The lowest BCUT2D eigenvalue weighted by molar-refractivity contribution is -0.124. The Kier molecular flexibility index (Phi) is 5.39. The molecular weight excluding hydrogens is 348 g/mol. The van der Waals surface area contributed by atoms with Crippen LogP contribution in [-0.2, 0) is 4.79 Å². The summed E-state index contributed by atoms with van der Waals surface area (Å²) < 4.78 is 0. The Labute approximate surface area is 161 Å². The SMILES string of the molecule is Cc1ccc(N2CCC(N3CCN[C@H](C(=O)NC4CC4)C3)CC2)cc1Cl. The number of aryl methyl sites for hydroxylation is 1. The summed E-state index contributed by atoms with van der Waals surface area (Å²) in [6.07, 6.45) is 4.57. The zero-order valence-corrected chi connectivity index (χ0v) is 16.3. The predicted molar refractivity (Wildman–Crippen MR) is 106 cm³/mol. The molecule has 1 amide bonds. The van der Waals surface area contributed by atoms with Crippen molar-refractivity contribution in [2.75, 3.05) is 37.6 Å². The van der Waals surface area contributed by atoms with Crippen LogP contribution in [0.15, 0.2) is 18.2 Å². The molecule has 2 saturated heterocycles. The molecule has 2 aliphatic heterocycles. The molecule has 0 bridgehead atoms. The van der Waals surface area contributed by atoms with E-state index in [1.54, 1.807) is 0 Å². The minimum atomic E-state index is -0.0571. The summed E-state index contributed by atoms with van der Waals surface area (Å²) in [5, 5.41) is 7.37. The van der Waals surface area contributed by atoms with Gasteiger partial charge in [-0.15, -0.1) is 0 Å². The highest BCUT2D eigenvalue weighted by atomic mass is 35.5. The van der Waals surface area contributed by atoms with E-state index in [0.29, 0.717) is 12.1 Å². The quantitative estimate of drug-likeness (QED) is 0.845. The fourth-order valence-corrected chi connectivity index (χ4v) is 4.25. The lowest BCUT2D eigenvalue weighted by Crippen LogP contribution is -2.60. The predicted octanol–water partition coefficient (Wildman–Crippen LogP) is 2.17. The van der Waals surface area contributed by atoms with Gasteiger partial charge in [0.15, 0.2) is 0 Å². The highest BCUT2D eigenvalue weighted by Gasteiger charge is 2.33. The van der Waals surface area contributed by atoms with E-state index in [9.17, 15) is 4.79 Å². The Balaban J connectivity index is 1.30. The van der Waals surface area contributed by atoms with Gasteiger partial charge >= 0.3 is 0 Å². The molecule has 1 aliphatic carbocycles. The van der Waals surface area contributed by atoms with Gasteiger partial charge in [-0.1, -0.05) is 17.7 Å². The number of benzene rings is 1. The number of carbonyl (C=O) groups is 1. The van der Waals surface area contributed by atoms with Gasteiger partial charge in [0.25, 0.3) is 0 Å². The van der Waals surface area contributed by atoms with E-state index >= 15 is 0 Å². The summed E-state index contributed by atoms with van der Waals surface area (Å²) in [5.74, 6) is 0.184. The molecule has 2 N–H and O–H groups in total. The second-order valence-corrected chi connectivity index (χ2v) is 8.34.